The number of rotatable bonds is 6. The molecule has 0 bridgehead atoms. The molecule has 21 heavy (non-hydrogen) atoms. The molecule has 0 aliphatic rings. The maximum Gasteiger partial charge on any atom is 0.246 e. The second kappa shape index (κ2) is 7.17. The van der Waals surface area contributed by atoms with Crippen LogP contribution in [0.2, 0.25) is 0 Å². The van der Waals surface area contributed by atoms with Gasteiger partial charge in [-0.3, -0.25) is 9.48 Å². The minimum absolute atomic E-state index is 0.0718. The molecular formula is C15H20N4OS. The van der Waals surface area contributed by atoms with Crippen LogP contribution in [-0.2, 0) is 11.3 Å². The van der Waals surface area contributed by atoms with E-state index in [1.165, 1.54) is 0 Å². The van der Waals surface area contributed by atoms with Gasteiger partial charge in [0.25, 0.3) is 0 Å². The predicted molar refractivity (Wildman–Crippen MR) is 87.8 cm³/mol. The largest absolute Gasteiger partial charge is 0.371 e. The Hall–Kier alpha value is -1.95. The van der Waals surface area contributed by atoms with Gasteiger partial charge in [0.2, 0.25) is 5.91 Å². The maximum atomic E-state index is 12.2. The zero-order chi connectivity index (χ0) is 15.2. The molecule has 2 N–H and O–H groups in total. The number of benzene rings is 1. The summed E-state index contributed by atoms with van der Waals surface area (Å²) in [6, 6.07) is 7.47. The SMILES string of the molecule is CCn1cc(NC(C)C(=O)Nc2cccc(SC)c2)cn1. The number of nitrogens with zero attached hydrogens (tertiary/aromatic N) is 2. The first kappa shape index (κ1) is 15.4. The molecule has 1 aromatic carbocycles. The van der Waals surface area contributed by atoms with Gasteiger partial charge in [0, 0.05) is 23.3 Å². The standard InChI is InChI=1S/C15H20N4OS/c1-4-19-10-13(9-16-19)17-11(2)15(20)18-12-6-5-7-14(8-12)21-3/h5-11,17H,4H2,1-3H3,(H,18,20). The minimum atomic E-state index is -0.336. The van der Waals surface area contributed by atoms with Gasteiger partial charge in [0.05, 0.1) is 11.9 Å². The minimum Gasteiger partial charge on any atom is -0.371 e. The van der Waals surface area contributed by atoms with Gasteiger partial charge in [-0.1, -0.05) is 6.07 Å². The third-order valence-corrected chi connectivity index (χ3v) is 3.80. The fourth-order valence-corrected chi connectivity index (χ4v) is 2.34. The van der Waals surface area contributed by atoms with E-state index < -0.39 is 0 Å². The summed E-state index contributed by atoms with van der Waals surface area (Å²) in [5, 5.41) is 10.2. The van der Waals surface area contributed by atoms with Crippen molar-refractivity contribution in [2.45, 2.75) is 31.3 Å². The summed E-state index contributed by atoms with van der Waals surface area (Å²) in [4.78, 5) is 13.3. The molecule has 0 saturated heterocycles. The number of aromatic nitrogens is 2. The number of carbonyl (C=O) groups is 1. The van der Waals surface area contributed by atoms with E-state index in [1.54, 1.807) is 18.0 Å². The van der Waals surface area contributed by atoms with Gasteiger partial charge < -0.3 is 10.6 Å². The Morgan fingerprint density at radius 1 is 1.43 bits per heavy atom. The summed E-state index contributed by atoms with van der Waals surface area (Å²) in [5.41, 5.74) is 1.65. The summed E-state index contributed by atoms with van der Waals surface area (Å²) in [6.07, 6.45) is 5.62. The summed E-state index contributed by atoms with van der Waals surface area (Å²) in [6.45, 7) is 4.66. The molecule has 112 valence electrons. The molecule has 0 fully saturated rings. The van der Waals surface area contributed by atoms with E-state index in [4.69, 9.17) is 0 Å². The zero-order valence-corrected chi connectivity index (χ0v) is 13.3. The number of amides is 1. The number of anilines is 2. The lowest BCUT2D eigenvalue weighted by Gasteiger charge is -2.14. The van der Waals surface area contributed by atoms with Crippen LogP contribution >= 0.6 is 11.8 Å². The van der Waals surface area contributed by atoms with Crippen LogP contribution in [0.25, 0.3) is 0 Å². The van der Waals surface area contributed by atoms with E-state index in [1.807, 2.05) is 55.2 Å². The van der Waals surface area contributed by atoms with Crippen molar-refractivity contribution in [3.05, 3.63) is 36.7 Å². The quantitative estimate of drug-likeness (QED) is 0.805. The van der Waals surface area contributed by atoms with E-state index in [0.717, 1.165) is 22.8 Å². The Morgan fingerprint density at radius 3 is 2.90 bits per heavy atom. The number of thioether (sulfide) groups is 1. The monoisotopic (exact) mass is 304 g/mol. The molecule has 1 aromatic heterocycles. The summed E-state index contributed by atoms with van der Waals surface area (Å²) in [7, 11) is 0. The first-order valence-electron chi connectivity index (χ1n) is 6.86. The third-order valence-electron chi connectivity index (χ3n) is 3.07. The topological polar surface area (TPSA) is 59.0 Å². The highest BCUT2D eigenvalue weighted by Crippen LogP contribution is 2.19. The van der Waals surface area contributed by atoms with Crippen molar-refractivity contribution in [2.75, 3.05) is 16.9 Å². The highest BCUT2D eigenvalue weighted by atomic mass is 32.2. The highest BCUT2D eigenvalue weighted by Gasteiger charge is 2.13. The average molecular weight is 304 g/mol. The average Bonchev–Trinajstić information content (AvgIpc) is 2.95. The fraction of sp³-hybridized carbons (Fsp3) is 0.333. The molecule has 5 nitrogen and oxygen atoms in total. The van der Waals surface area contributed by atoms with E-state index in [0.29, 0.717) is 0 Å². The van der Waals surface area contributed by atoms with Gasteiger partial charge in [-0.2, -0.15) is 5.10 Å². The van der Waals surface area contributed by atoms with Crippen molar-refractivity contribution in [1.29, 1.82) is 0 Å². The van der Waals surface area contributed by atoms with Gasteiger partial charge in [0.1, 0.15) is 6.04 Å². The molecule has 1 unspecified atom stereocenters. The Bertz CT molecular complexity index is 611. The lowest BCUT2D eigenvalue weighted by atomic mass is 10.2. The van der Waals surface area contributed by atoms with Crippen molar-refractivity contribution in [3.63, 3.8) is 0 Å². The van der Waals surface area contributed by atoms with Crippen molar-refractivity contribution in [2.24, 2.45) is 0 Å². The van der Waals surface area contributed by atoms with Crippen molar-refractivity contribution < 1.29 is 4.79 Å². The van der Waals surface area contributed by atoms with Crippen LogP contribution in [0, 0.1) is 0 Å². The normalized spacial score (nSPS) is 12.0. The van der Waals surface area contributed by atoms with Crippen LogP contribution in [-0.4, -0.2) is 28.0 Å². The number of hydrogen-bond donors (Lipinski definition) is 2. The van der Waals surface area contributed by atoms with Crippen molar-refractivity contribution in [1.82, 2.24) is 9.78 Å². The van der Waals surface area contributed by atoms with Gasteiger partial charge in [-0.25, -0.2) is 0 Å². The number of hydrogen-bond acceptors (Lipinski definition) is 4. The molecule has 0 spiro atoms. The lowest BCUT2D eigenvalue weighted by molar-refractivity contribution is -0.116. The first-order valence-corrected chi connectivity index (χ1v) is 8.08. The zero-order valence-electron chi connectivity index (χ0n) is 12.5. The smallest absolute Gasteiger partial charge is 0.246 e. The van der Waals surface area contributed by atoms with Gasteiger partial charge in [-0.15, -0.1) is 11.8 Å². The van der Waals surface area contributed by atoms with Gasteiger partial charge >= 0.3 is 0 Å². The predicted octanol–water partition coefficient (Wildman–Crippen LogP) is 3.06. The van der Waals surface area contributed by atoms with Crippen molar-refractivity contribution >= 4 is 29.0 Å². The number of nitrogens with one attached hydrogen (secondary N) is 2. The first-order chi connectivity index (χ1) is 10.1. The Balaban J connectivity index is 1.95. The second-order valence-electron chi connectivity index (χ2n) is 4.67. The highest BCUT2D eigenvalue weighted by molar-refractivity contribution is 7.98. The molecule has 0 aliphatic carbocycles. The molecule has 1 amide bonds. The van der Waals surface area contributed by atoms with Gasteiger partial charge in [-0.05, 0) is 38.3 Å². The second-order valence-corrected chi connectivity index (χ2v) is 5.55. The van der Waals surface area contributed by atoms with E-state index in [2.05, 4.69) is 15.7 Å². The molecule has 0 saturated carbocycles. The van der Waals surface area contributed by atoms with Crippen LogP contribution in [0.1, 0.15) is 13.8 Å². The molecule has 2 aromatic rings. The summed E-state index contributed by atoms with van der Waals surface area (Å²) >= 11 is 1.65. The number of carbonyl (C=O) groups excluding carboxylic acids is 1. The van der Waals surface area contributed by atoms with Crippen LogP contribution in [0.3, 0.4) is 0 Å². The maximum absolute atomic E-state index is 12.2. The van der Waals surface area contributed by atoms with Crippen LogP contribution in [0.5, 0.6) is 0 Å². The van der Waals surface area contributed by atoms with Crippen LogP contribution < -0.4 is 10.6 Å². The van der Waals surface area contributed by atoms with E-state index in [9.17, 15) is 4.79 Å². The lowest BCUT2D eigenvalue weighted by Crippen LogP contribution is -2.31. The van der Waals surface area contributed by atoms with Crippen molar-refractivity contribution in [3.8, 4) is 0 Å². The Morgan fingerprint density at radius 2 is 2.24 bits per heavy atom. The molecule has 6 heteroatoms. The summed E-state index contributed by atoms with van der Waals surface area (Å²) in [5.74, 6) is -0.0718. The molecule has 1 atom stereocenters. The molecular weight excluding hydrogens is 284 g/mol. The Labute approximate surface area is 129 Å². The van der Waals surface area contributed by atoms with Crippen LogP contribution in [0.4, 0.5) is 11.4 Å². The summed E-state index contributed by atoms with van der Waals surface area (Å²) < 4.78 is 1.81. The number of aryl methyl sites for hydroxylation is 1. The molecule has 0 radical (unpaired) electrons. The van der Waals surface area contributed by atoms with E-state index in [-0.39, 0.29) is 11.9 Å². The van der Waals surface area contributed by atoms with Gasteiger partial charge in [0.15, 0.2) is 0 Å². The third kappa shape index (κ3) is 4.26. The van der Waals surface area contributed by atoms with E-state index >= 15 is 0 Å². The molecule has 1 heterocycles. The fourth-order valence-electron chi connectivity index (χ4n) is 1.88. The Kier molecular flexibility index (Phi) is 5.27. The molecule has 0 aliphatic heterocycles. The van der Waals surface area contributed by atoms with Crippen LogP contribution in [0.15, 0.2) is 41.6 Å². The molecule has 2 rings (SSSR count).